The molecule has 0 fully saturated rings. The molecule has 0 spiro atoms. The van der Waals surface area contributed by atoms with Crippen molar-refractivity contribution < 1.29 is 17.9 Å². The van der Waals surface area contributed by atoms with E-state index in [1.165, 1.54) is 0 Å². The third kappa shape index (κ3) is 11.9. The van der Waals surface area contributed by atoms with Gasteiger partial charge in [-0.05, 0) is 33.5 Å². The smallest absolute Gasteiger partial charge is 0.372 e. The first-order valence-electron chi connectivity index (χ1n) is 5.91. The maximum Gasteiger partial charge on any atom is 0.411 e. The van der Waals surface area contributed by atoms with Gasteiger partial charge in [-0.2, -0.15) is 13.2 Å². The lowest BCUT2D eigenvalue weighted by Crippen LogP contribution is -2.38. The van der Waals surface area contributed by atoms with Crippen molar-refractivity contribution >= 4 is 0 Å². The van der Waals surface area contributed by atoms with Crippen LogP contribution in [0.2, 0.25) is 0 Å². The van der Waals surface area contributed by atoms with E-state index in [1.807, 2.05) is 7.05 Å². The van der Waals surface area contributed by atoms with Gasteiger partial charge < -0.3 is 15.0 Å². The minimum absolute atomic E-state index is 0.142. The van der Waals surface area contributed by atoms with E-state index < -0.39 is 12.8 Å². The maximum atomic E-state index is 11.7. The van der Waals surface area contributed by atoms with Crippen molar-refractivity contribution in [3.05, 3.63) is 0 Å². The van der Waals surface area contributed by atoms with E-state index in [4.69, 9.17) is 0 Å². The average Bonchev–Trinajstić information content (AvgIpc) is 2.21. The van der Waals surface area contributed by atoms with Crippen LogP contribution in [0.4, 0.5) is 13.2 Å². The molecule has 1 atom stereocenters. The van der Waals surface area contributed by atoms with Crippen LogP contribution < -0.4 is 5.32 Å². The number of likely N-dealkylation sites (N-methyl/N-ethyl adjacent to an activating group) is 1. The first-order valence-corrected chi connectivity index (χ1v) is 5.91. The molecule has 1 N–H and O–H groups in total. The van der Waals surface area contributed by atoms with Crippen LogP contribution in [0.5, 0.6) is 0 Å². The number of halogens is 3. The van der Waals surface area contributed by atoms with Crippen LogP contribution in [0.3, 0.4) is 0 Å². The molecule has 0 radical (unpaired) electrons. The third-order valence-corrected chi connectivity index (χ3v) is 2.35. The number of hydrogen-bond acceptors (Lipinski definition) is 3. The van der Waals surface area contributed by atoms with Gasteiger partial charge in [-0.1, -0.05) is 6.92 Å². The molecule has 0 aromatic carbocycles. The van der Waals surface area contributed by atoms with Gasteiger partial charge in [0.2, 0.25) is 0 Å². The Morgan fingerprint density at radius 2 is 2.00 bits per heavy atom. The molecule has 0 aliphatic rings. The van der Waals surface area contributed by atoms with Gasteiger partial charge >= 0.3 is 6.18 Å². The molecular weight excluding hydrogens is 233 g/mol. The Hall–Kier alpha value is -0.330. The highest BCUT2D eigenvalue weighted by Crippen LogP contribution is 2.14. The normalized spacial score (nSPS) is 14.3. The number of ether oxygens (including phenoxy) is 1. The van der Waals surface area contributed by atoms with Gasteiger partial charge in [0, 0.05) is 19.2 Å². The van der Waals surface area contributed by atoms with E-state index in [0.717, 1.165) is 13.1 Å². The fourth-order valence-electron chi connectivity index (χ4n) is 1.37. The Morgan fingerprint density at radius 1 is 1.35 bits per heavy atom. The van der Waals surface area contributed by atoms with E-state index in [0.29, 0.717) is 19.0 Å². The standard InChI is InChI=1S/C11H23F3N2O/c1-4-16(3)8-10(2)15-6-5-7-17-9-11(12,13)14/h10,15H,4-9H2,1-3H3. The van der Waals surface area contributed by atoms with Crippen molar-refractivity contribution in [2.75, 3.05) is 39.9 Å². The predicted octanol–water partition coefficient (Wildman–Crippen LogP) is 1.89. The van der Waals surface area contributed by atoms with E-state index in [1.54, 1.807) is 0 Å². The highest BCUT2D eigenvalue weighted by Gasteiger charge is 2.27. The average molecular weight is 256 g/mol. The zero-order valence-corrected chi connectivity index (χ0v) is 10.8. The highest BCUT2D eigenvalue weighted by molar-refractivity contribution is 4.64. The molecule has 3 nitrogen and oxygen atoms in total. The summed E-state index contributed by atoms with van der Waals surface area (Å²) in [5.41, 5.74) is 0. The lowest BCUT2D eigenvalue weighted by atomic mass is 10.3. The second kappa shape index (κ2) is 8.72. The van der Waals surface area contributed by atoms with Crippen LogP contribution in [-0.4, -0.2) is 57.0 Å². The number of nitrogens with one attached hydrogen (secondary N) is 1. The summed E-state index contributed by atoms with van der Waals surface area (Å²) in [7, 11) is 2.03. The summed E-state index contributed by atoms with van der Waals surface area (Å²) in [4.78, 5) is 2.18. The predicted molar refractivity (Wildman–Crippen MR) is 62.1 cm³/mol. The van der Waals surface area contributed by atoms with E-state index in [-0.39, 0.29) is 6.61 Å². The van der Waals surface area contributed by atoms with Gasteiger partial charge in [-0.15, -0.1) is 0 Å². The van der Waals surface area contributed by atoms with Crippen molar-refractivity contribution in [3.8, 4) is 0 Å². The molecule has 104 valence electrons. The van der Waals surface area contributed by atoms with Crippen LogP contribution in [0, 0.1) is 0 Å². The third-order valence-electron chi connectivity index (χ3n) is 2.35. The molecular formula is C11H23F3N2O. The molecule has 0 aromatic heterocycles. The Morgan fingerprint density at radius 3 is 2.53 bits per heavy atom. The molecule has 17 heavy (non-hydrogen) atoms. The molecule has 0 saturated heterocycles. The molecule has 0 rings (SSSR count). The molecule has 1 unspecified atom stereocenters. The van der Waals surface area contributed by atoms with Crippen molar-refractivity contribution in [2.24, 2.45) is 0 Å². The second-order valence-corrected chi connectivity index (χ2v) is 4.23. The monoisotopic (exact) mass is 256 g/mol. The Kier molecular flexibility index (Phi) is 8.55. The van der Waals surface area contributed by atoms with Gasteiger partial charge in [0.1, 0.15) is 6.61 Å². The van der Waals surface area contributed by atoms with Crippen molar-refractivity contribution in [1.29, 1.82) is 0 Å². The summed E-state index contributed by atoms with van der Waals surface area (Å²) >= 11 is 0. The first-order chi connectivity index (χ1) is 7.85. The van der Waals surface area contributed by atoms with E-state index in [9.17, 15) is 13.2 Å². The zero-order valence-electron chi connectivity index (χ0n) is 10.8. The van der Waals surface area contributed by atoms with Crippen LogP contribution in [-0.2, 0) is 4.74 Å². The van der Waals surface area contributed by atoms with Gasteiger partial charge in [0.25, 0.3) is 0 Å². The van der Waals surface area contributed by atoms with Crippen LogP contribution in [0.25, 0.3) is 0 Å². The molecule has 0 bridgehead atoms. The summed E-state index contributed by atoms with van der Waals surface area (Å²) in [5, 5.41) is 3.24. The topological polar surface area (TPSA) is 24.5 Å². The van der Waals surface area contributed by atoms with Gasteiger partial charge in [-0.25, -0.2) is 0 Å². The van der Waals surface area contributed by atoms with E-state index >= 15 is 0 Å². The minimum Gasteiger partial charge on any atom is -0.372 e. The first kappa shape index (κ1) is 16.7. The lowest BCUT2D eigenvalue weighted by molar-refractivity contribution is -0.173. The minimum atomic E-state index is -4.22. The summed E-state index contributed by atoms with van der Waals surface area (Å²) in [6, 6.07) is 0.336. The molecule has 0 amide bonds. The van der Waals surface area contributed by atoms with Gasteiger partial charge in [0.05, 0.1) is 0 Å². The van der Waals surface area contributed by atoms with Gasteiger partial charge in [-0.3, -0.25) is 0 Å². The van der Waals surface area contributed by atoms with Crippen molar-refractivity contribution in [3.63, 3.8) is 0 Å². The second-order valence-electron chi connectivity index (χ2n) is 4.23. The zero-order chi connectivity index (χ0) is 13.3. The van der Waals surface area contributed by atoms with Crippen LogP contribution in [0.15, 0.2) is 0 Å². The maximum absolute atomic E-state index is 11.7. The fraction of sp³-hybridized carbons (Fsp3) is 1.00. The molecule has 0 aromatic rings. The summed E-state index contributed by atoms with van der Waals surface area (Å²) in [5.74, 6) is 0. The fourth-order valence-corrected chi connectivity index (χ4v) is 1.37. The Bertz CT molecular complexity index is 188. The summed E-state index contributed by atoms with van der Waals surface area (Å²) in [6.07, 6.45) is -3.62. The molecule has 0 aliphatic carbocycles. The molecule has 0 aliphatic heterocycles. The SMILES string of the molecule is CCN(C)CC(C)NCCCOCC(F)(F)F. The number of alkyl halides is 3. The number of rotatable bonds is 9. The van der Waals surface area contributed by atoms with E-state index in [2.05, 4.69) is 28.8 Å². The summed E-state index contributed by atoms with van der Waals surface area (Å²) < 4.78 is 39.7. The lowest BCUT2D eigenvalue weighted by Gasteiger charge is -2.20. The highest BCUT2D eigenvalue weighted by atomic mass is 19.4. The summed E-state index contributed by atoms with van der Waals surface area (Å²) in [6.45, 7) is 5.72. The Labute approximate surface area is 101 Å². The molecule has 6 heteroatoms. The van der Waals surface area contributed by atoms with Gasteiger partial charge in [0.15, 0.2) is 0 Å². The number of nitrogens with zero attached hydrogens (tertiary/aromatic N) is 1. The molecule has 0 saturated carbocycles. The van der Waals surface area contributed by atoms with Crippen LogP contribution >= 0.6 is 0 Å². The quantitative estimate of drug-likeness (QED) is 0.638. The largest absolute Gasteiger partial charge is 0.411 e. The molecule has 0 heterocycles. The van der Waals surface area contributed by atoms with Crippen molar-refractivity contribution in [1.82, 2.24) is 10.2 Å². The van der Waals surface area contributed by atoms with Crippen molar-refractivity contribution in [2.45, 2.75) is 32.5 Å². The Balaban J connectivity index is 3.33. The van der Waals surface area contributed by atoms with Crippen LogP contribution in [0.1, 0.15) is 20.3 Å². The number of hydrogen-bond donors (Lipinski definition) is 1.